The quantitative estimate of drug-likeness (QED) is 0.191. The average Bonchev–Trinajstić information content (AvgIpc) is 3.00. The van der Waals surface area contributed by atoms with Gasteiger partial charge in [-0.15, -0.1) is 0 Å². The lowest BCUT2D eigenvalue weighted by Gasteiger charge is -2.35. The molecule has 1 aliphatic heterocycles. The second-order valence-electron chi connectivity index (χ2n) is 11.1. The number of alkyl halides is 3. The van der Waals surface area contributed by atoms with Gasteiger partial charge in [-0.05, 0) is 55.7 Å². The van der Waals surface area contributed by atoms with Gasteiger partial charge in [0.25, 0.3) is 0 Å². The van der Waals surface area contributed by atoms with Crippen LogP contribution in [0.25, 0.3) is 28.0 Å². The lowest BCUT2D eigenvalue weighted by atomic mass is 10.0. The molecule has 1 aliphatic rings. The van der Waals surface area contributed by atoms with Gasteiger partial charge in [0.15, 0.2) is 5.65 Å². The van der Waals surface area contributed by atoms with Crippen LogP contribution in [0.4, 0.5) is 23.4 Å². The highest BCUT2D eigenvalue weighted by Gasteiger charge is 2.42. The van der Waals surface area contributed by atoms with Gasteiger partial charge < -0.3 is 15.0 Å². The summed E-state index contributed by atoms with van der Waals surface area (Å²) in [5.41, 5.74) is -0.644. The number of nitrogens with zero attached hydrogens (tertiary/aromatic N) is 6. The first-order valence-corrected chi connectivity index (χ1v) is 14.2. The van der Waals surface area contributed by atoms with Gasteiger partial charge in [-0.3, -0.25) is 4.98 Å². The summed E-state index contributed by atoms with van der Waals surface area (Å²) in [5.74, 6) is -5.31. The third kappa shape index (κ3) is 5.91. The van der Waals surface area contributed by atoms with Crippen molar-refractivity contribution in [2.75, 3.05) is 24.5 Å². The van der Waals surface area contributed by atoms with Crippen molar-refractivity contribution in [1.29, 1.82) is 5.26 Å². The summed E-state index contributed by atoms with van der Waals surface area (Å²) in [7, 11) is 0. The maximum Gasteiger partial charge on any atom is 0.491 e. The number of pyridine rings is 2. The summed E-state index contributed by atoms with van der Waals surface area (Å²) in [6.45, 7) is 9.15. The lowest BCUT2D eigenvalue weighted by molar-refractivity contribution is -0.193. The van der Waals surface area contributed by atoms with Gasteiger partial charge in [-0.2, -0.15) is 23.4 Å². The minimum Gasteiger partial charge on any atom is -0.383 e. The molecule has 5 rings (SSSR count). The van der Waals surface area contributed by atoms with Gasteiger partial charge in [0.05, 0.1) is 33.6 Å². The normalized spacial score (nSPS) is 15.2. The van der Waals surface area contributed by atoms with Crippen LogP contribution in [0.1, 0.15) is 53.9 Å². The Labute approximate surface area is 259 Å². The van der Waals surface area contributed by atoms with E-state index in [-0.39, 0.29) is 34.7 Å². The zero-order chi connectivity index (χ0) is 33.5. The average molecular weight is 638 g/mol. The molecule has 0 radical (unpaired) electrons. The van der Waals surface area contributed by atoms with Crippen molar-refractivity contribution in [3.63, 3.8) is 0 Å². The zero-order valence-corrected chi connectivity index (χ0v) is 25.1. The van der Waals surface area contributed by atoms with Crippen LogP contribution in [0.5, 0.6) is 0 Å². The number of carbonyl (C=O) groups is 2. The van der Waals surface area contributed by atoms with Crippen molar-refractivity contribution in [2.24, 2.45) is 0 Å². The molecule has 0 spiro atoms. The lowest BCUT2D eigenvalue weighted by Crippen LogP contribution is -2.50. The van der Waals surface area contributed by atoms with Crippen molar-refractivity contribution in [1.82, 2.24) is 24.8 Å². The SMILES string of the molecule is Cc1ccnc(C(C)C)c1-n1c(=O)nc(N2CCNC[C@@H]2C)c2cc(C#N)c(-c3cc(C(=O)OC(=O)C(F)(F)F)ccc3F)nc21. The van der Waals surface area contributed by atoms with Crippen LogP contribution in [0.3, 0.4) is 0 Å². The first-order valence-electron chi connectivity index (χ1n) is 14.2. The molecule has 1 fully saturated rings. The maximum atomic E-state index is 15.4. The molecule has 46 heavy (non-hydrogen) atoms. The van der Waals surface area contributed by atoms with Crippen LogP contribution in [0, 0.1) is 24.1 Å². The van der Waals surface area contributed by atoms with E-state index in [4.69, 9.17) is 0 Å². The number of halogens is 4. The van der Waals surface area contributed by atoms with E-state index in [0.29, 0.717) is 42.0 Å². The fraction of sp³-hybridized carbons (Fsp3) is 0.323. The van der Waals surface area contributed by atoms with Gasteiger partial charge in [0, 0.05) is 37.4 Å². The summed E-state index contributed by atoms with van der Waals surface area (Å²) < 4.78 is 58.7. The van der Waals surface area contributed by atoms with E-state index in [2.05, 4.69) is 25.0 Å². The predicted molar refractivity (Wildman–Crippen MR) is 158 cm³/mol. The second-order valence-corrected chi connectivity index (χ2v) is 11.1. The fourth-order valence-electron chi connectivity index (χ4n) is 5.32. The van der Waals surface area contributed by atoms with E-state index in [1.165, 1.54) is 10.6 Å². The number of fused-ring (bicyclic) bond motifs is 1. The highest BCUT2D eigenvalue weighted by molar-refractivity contribution is 5.99. The van der Waals surface area contributed by atoms with Crippen molar-refractivity contribution < 1.29 is 31.9 Å². The Morgan fingerprint density at radius 1 is 1.17 bits per heavy atom. The molecule has 0 saturated carbocycles. The molecule has 1 atom stereocenters. The Kier molecular flexibility index (Phi) is 8.59. The number of piperazine rings is 1. The van der Waals surface area contributed by atoms with Gasteiger partial charge in [-0.1, -0.05) is 13.8 Å². The van der Waals surface area contributed by atoms with Crippen molar-refractivity contribution >= 4 is 28.8 Å². The first-order chi connectivity index (χ1) is 21.7. The number of benzene rings is 1. The van der Waals surface area contributed by atoms with Crippen LogP contribution in [0.15, 0.2) is 41.3 Å². The molecule has 15 heteroatoms. The van der Waals surface area contributed by atoms with Crippen molar-refractivity contribution in [2.45, 2.75) is 45.8 Å². The summed E-state index contributed by atoms with van der Waals surface area (Å²) in [5, 5.41) is 13.7. The smallest absolute Gasteiger partial charge is 0.383 e. The molecule has 0 bridgehead atoms. The number of ether oxygens (including phenoxy) is 1. The van der Waals surface area contributed by atoms with Gasteiger partial charge in [0.1, 0.15) is 17.7 Å². The fourth-order valence-corrected chi connectivity index (χ4v) is 5.32. The standard InChI is InChI=1S/C31H27F4N7O4/c1-15(2)23-25(16(3)7-8-38-23)42-27-21(26(40-30(42)45)41-10-9-37-14-17(41)4)12-19(13-36)24(39-27)20-11-18(5-6-22(20)32)28(43)46-29(44)31(33,34)35/h5-8,11-12,15,17,37H,9-10,14H2,1-4H3/t17-/m0/s1. The highest BCUT2D eigenvalue weighted by Crippen LogP contribution is 2.34. The number of hydrogen-bond acceptors (Lipinski definition) is 10. The molecule has 1 saturated heterocycles. The Hall–Kier alpha value is -5.23. The van der Waals surface area contributed by atoms with Gasteiger partial charge in [0.2, 0.25) is 0 Å². The molecule has 3 aromatic heterocycles. The summed E-state index contributed by atoms with van der Waals surface area (Å²) in [6.07, 6.45) is -3.84. The molecule has 238 valence electrons. The number of hydrogen-bond donors (Lipinski definition) is 1. The molecule has 1 aromatic carbocycles. The first kappa shape index (κ1) is 32.2. The predicted octanol–water partition coefficient (Wildman–Crippen LogP) is 4.33. The van der Waals surface area contributed by atoms with Crippen LogP contribution in [-0.2, 0) is 9.53 Å². The molecule has 0 unspecified atom stereocenters. The summed E-state index contributed by atoms with van der Waals surface area (Å²) >= 11 is 0. The Bertz CT molecular complexity index is 1990. The molecule has 4 aromatic rings. The van der Waals surface area contributed by atoms with Gasteiger partial charge >= 0.3 is 23.8 Å². The molecule has 11 nitrogen and oxygen atoms in total. The number of nitrogens with one attached hydrogen (secondary N) is 1. The van der Waals surface area contributed by atoms with Gasteiger partial charge in [-0.25, -0.2) is 28.3 Å². The monoisotopic (exact) mass is 637 g/mol. The van der Waals surface area contributed by atoms with E-state index < -0.39 is 40.7 Å². The molecule has 0 amide bonds. The number of esters is 2. The number of carbonyl (C=O) groups excluding carboxylic acids is 2. The number of nitriles is 1. The van der Waals surface area contributed by atoms with E-state index in [9.17, 15) is 32.8 Å². The second kappa shape index (κ2) is 12.3. The third-order valence-electron chi connectivity index (χ3n) is 7.54. The Balaban J connectivity index is 1.83. The van der Waals surface area contributed by atoms with E-state index in [0.717, 1.165) is 18.2 Å². The molecule has 0 aliphatic carbocycles. The van der Waals surface area contributed by atoms with Crippen LogP contribution in [0.2, 0.25) is 0 Å². The maximum absolute atomic E-state index is 15.4. The number of rotatable bonds is 5. The number of aromatic nitrogens is 4. The van der Waals surface area contributed by atoms with E-state index in [1.54, 1.807) is 19.2 Å². The van der Waals surface area contributed by atoms with Crippen LogP contribution in [-0.4, -0.2) is 63.3 Å². The minimum atomic E-state index is -5.44. The minimum absolute atomic E-state index is 0.00682. The van der Waals surface area contributed by atoms with Crippen molar-refractivity contribution in [3.8, 4) is 23.0 Å². The molecular formula is C31H27F4N7O4. The van der Waals surface area contributed by atoms with E-state index >= 15 is 4.39 Å². The third-order valence-corrected chi connectivity index (χ3v) is 7.54. The Morgan fingerprint density at radius 3 is 2.57 bits per heavy atom. The van der Waals surface area contributed by atoms with E-state index in [1.807, 2.05) is 31.7 Å². The molecule has 4 heterocycles. The highest BCUT2D eigenvalue weighted by atomic mass is 19.4. The van der Waals surface area contributed by atoms with Crippen LogP contribution >= 0.6 is 0 Å². The van der Waals surface area contributed by atoms with Crippen LogP contribution < -0.4 is 15.9 Å². The molecule has 1 N–H and O–H groups in total. The Morgan fingerprint density at radius 2 is 1.91 bits per heavy atom. The molecular weight excluding hydrogens is 610 g/mol. The number of anilines is 1. The zero-order valence-electron chi connectivity index (χ0n) is 25.1. The summed E-state index contributed by atoms with van der Waals surface area (Å²) in [6, 6.07) is 7.40. The topological polar surface area (TPSA) is 143 Å². The largest absolute Gasteiger partial charge is 0.491 e. The number of aryl methyl sites for hydroxylation is 1. The van der Waals surface area contributed by atoms with Crippen molar-refractivity contribution in [3.05, 3.63) is 75.2 Å². The summed E-state index contributed by atoms with van der Waals surface area (Å²) in [4.78, 5) is 53.1.